The fraction of sp³-hybridized carbons (Fsp3) is 0.182. The van der Waals surface area contributed by atoms with Crippen LogP contribution in [0.3, 0.4) is 0 Å². The van der Waals surface area contributed by atoms with E-state index in [1.807, 2.05) is 0 Å². The fourth-order valence-corrected chi connectivity index (χ4v) is 1.59. The molecule has 0 aliphatic heterocycles. The highest BCUT2D eigenvalue weighted by Crippen LogP contribution is 2.23. The molecular weight excluding hydrogens is 260 g/mol. The number of hydrogen-bond acceptors (Lipinski definition) is 4. The molecule has 18 heavy (non-hydrogen) atoms. The lowest BCUT2D eigenvalue weighted by molar-refractivity contribution is 0.377. The zero-order valence-corrected chi connectivity index (χ0v) is 10.4. The summed E-state index contributed by atoms with van der Waals surface area (Å²) in [5, 5.41) is 0. The first-order chi connectivity index (χ1) is 8.52. The lowest BCUT2D eigenvalue weighted by Crippen LogP contribution is -2.01. The first-order valence-electron chi connectivity index (χ1n) is 5.00. The number of H-pyrrole nitrogens is 1. The zero-order valence-electron chi connectivity index (χ0n) is 9.62. The van der Waals surface area contributed by atoms with E-state index in [1.54, 1.807) is 0 Å². The van der Waals surface area contributed by atoms with Gasteiger partial charge in [0.25, 0.3) is 6.01 Å². The van der Waals surface area contributed by atoms with Crippen molar-refractivity contribution < 1.29 is 13.5 Å². The van der Waals surface area contributed by atoms with Gasteiger partial charge in [-0.05, 0) is 30.8 Å². The number of benzene rings is 1. The summed E-state index contributed by atoms with van der Waals surface area (Å²) < 4.78 is 32.1. The van der Waals surface area contributed by atoms with Gasteiger partial charge in [-0.25, -0.2) is 13.8 Å². The first-order valence-corrected chi connectivity index (χ1v) is 5.41. The van der Waals surface area contributed by atoms with Crippen molar-refractivity contribution in [2.24, 2.45) is 0 Å². The summed E-state index contributed by atoms with van der Waals surface area (Å²) in [6.45, 7) is 1.48. The number of halogens is 2. The second-order valence-corrected chi connectivity index (χ2v) is 3.91. The van der Waals surface area contributed by atoms with Crippen molar-refractivity contribution in [3.8, 4) is 17.4 Å². The molecule has 1 aromatic carbocycles. The number of nitrogens with one attached hydrogen (secondary N) is 1. The normalized spacial score (nSPS) is 10.4. The van der Waals surface area contributed by atoms with E-state index in [1.165, 1.54) is 26.2 Å². The summed E-state index contributed by atoms with van der Waals surface area (Å²) >= 11 is 4.82. The van der Waals surface area contributed by atoms with E-state index in [0.29, 0.717) is 0 Å². The summed E-state index contributed by atoms with van der Waals surface area (Å²) in [7, 11) is 1.38. The van der Waals surface area contributed by atoms with Crippen molar-refractivity contribution in [1.29, 1.82) is 0 Å². The monoisotopic (exact) mass is 269 g/mol. The van der Waals surface area contributed by atoms with Crippen molar-refractivity contribution >= 4 is 12.2 Å². The Bertz CT molecular complexity index is 657. The lowest BCUT2D eigenvalue weighted by Gasteiger charge is -2.06. The number of aromatic nitrogens is 3. The second-order valence-electron chi connectivity index (χ2n) is 3.55. The van der Waals surface area contributed by atoms with E-state index < -0.39 is 11.6 Å². The Labute approximate surface area is 107 Å². The van der Waals surface area contributed by atoms with Crippen LogP contribution in [0.15, 0.2) is 12.1 Å². The van der Waals surface area contributed by atoms with Crippen molar-refractivity contribution in [3.63, 3.8) is 0 Å². The molecule has 0 atom stereocenters. The highest BCUT2D eigenvalue weighted by molar-refractivity contribution is 7.71. The number of ether oxygens (including phenoxy) is 1. The molecule has 2 aromatic rings. The Kier molecular flexibility index (Phi) is 3.33. The minimum atomic E-state index is -0.985. The third-order valence-corrected chi connectivity index (χ3v) is 2.54. The maximum absolute atomic E-state index is 13.8. The van der Waals surface area contributed by atoms with Gasteiger partial charge in [-0.3, -0.25) is 4.98 Å². The average molecular weight is 269 g/mol. The van der Waals surface area contributed by atoms with Gasteiger partial charge in [0, 0.05) is 0 Å². The van der Waals surface area contributed by atoms with E-state index in [2.05, 4.69) is 15.0 Å². The summed E-state index contributed by atoms with van der Waals surface area (Å²) in [5.74, 6) is -1.82. The van der Waals surface area contributed by atoms with Gasteiger partial charge in [0.2, 0.25) is 4.77 Å². The molecule has 7 heteroatoms. The first kappa shape index (κ1) is 12.6. The highest BCUT2D eigenvalue weighted by atomic mass is 32.1. The molecule has 0 aliphatic carbocycles. The lowest BCUT2D eigenvalue weighted by atomic mass is 10.1. The molecule has 1 aromatic heterocycles. The van der Waals surface area contributed by atoms with E-state index in [4.69, 9.17) is 17.0 Å². The van der Waals surface area contributed by atoms with Gasteiger partial charge in [-0.2, -0.15) is 4.98 Å². The number of nitrogens with zero attached hydrogens (tertiary/aromatic N) is 2. The van der Waals surface area contributed by atoms with Crippen LogP contribution in [0, 0.1) is 23.3 Å². The van der Waals surface area contributed by atoms with Crippen molar-refractivity contribution in [3.05, 3.63) is 34.1 Å². The minimum Gasteiger partial charge on any atom is -0.468 e. The quantitative estimate of drug-likeness (QED) is 0.852. The molecule has 0 unspecified atom stereocenters. The maximum Gasteiger partial charge on any atom is 0.297 e. The van der Waals surface area contributed by atoms with Gasteiger partial charge in [-0.1, -0.05) is 6.07 Å². The Balaban J connectivity index is 2.66. The summed E-state index contributed by atoms with van der Waals surface area (Å²) in [6.07, 6.45) is 0. The molecular formula is C11H9F2N3OS. The molecule has 0 aliphatic rings. The molecule has 94 valence electrons. The smallest absolute Gasteiger partial charge is 0.297 e. The summed E-state index contributed by atoms with van der Waals surface area (Å²) in [5.41, 5.74) is 0.195. The van der Waals surface area contributed by atoms with Crippen LogP contribution in [-0.4, -0.2) is 22.1 Å². The molecule has 1 heterocycles. The third kappa shape index (κ3) is 2.21. The van der Waals surface area contributed by atoms with E-state index in [0.717, 1.165) is 0 Å². The van der Waals surface area contributed by atoms with E-state index in [9.17, 15) is 8.78 Å². The number of rotatable bonds is 2. The van der Waals surface area contributed by atoms with Crippen LogP contribution in [0.2, 0.25) is 0 Å². The van der Waals surface area contributed by atoms with Crippen LogP contribution in [-0.2, 0) is 0 Å². The number of aryl methyl sites for hydroxylation is 1. The van der Waals surface area contributed by atoms with Gasteiger partial charge in [0.15, 0.2) is 11.6 Å². The van der Waals surface area contributed by atoms with Crippen LogP contribution in [0.1, 0.15) is 5.56 Å². The summed E-state index contributed by atoms with van der Waals surface area (Å²) in [4.78, 5) is 10.2. The van der Waals surface area contributed by atoms with Gasteiger partial charge < -0.3 is 4.74 Å². The topological polar surface area (TPSA) is 50.8 Å². The van der Waals surface area contributed by atoms with Gasteiger partial charge in [0.05, 0.1) is 12.7 Å². The molecule has 0 fully saturated rings. The predicted molar refractivity (Wildman–Crippen MR) is 63.9 cm³/mol. The van der Waals surface area contributed by atoms with E-state index in [-0.39, 0.29) is 27.7 Å². The highest BCUT2D eigenvalue weighted by Gasteiger charge is 2.15. The van der Waals surface area contributed by atoms with E-state index >= 15 is 0 Å². The van der Waals surface area contributed by atoms with Crippen LogP contribution >= 0.6 is 12.2 Å². The molecule has 2 rings (SSSR count). The zero-order chi connectivity index (χ0) is 13.3. The molecule has 0 spiro atoms. The molecule has 0 amide bonds. The standard InChI is InChI=1S/C11H9F2N3OS/c1-5-3-4-6(8(13)7(5)12)9-14-10(17-2)16-11(18)15-9/h3-4H,1-2H3,(H,14,15,16,18). The van der Waals surface area contributed by atoms with Crippen LogP contribution in [0.4, 0.5) is 8.78 Å². The fourth-order valence-electron chi connectivity index (χ4n) is 1.42. The van der Waals surface area contributed by atoms with Crippen molar-refractivity contribution in [2.45, 2.75) is 6.92 Å². The third-order valence-electron chi connectivity index (χ3n) is 2.35. The Morgan fingerprint density at radius 3 is 2.61 bits per heavy atom. The number of aromatic amines is 1. The van der Waals surface area contributed by atoms with Crippen LogP contribution in [0.5, 0.6) is 6.01 Å². The Morgan fingerprint density at radius 1 is 1.22 bits per heavy atom. The number of methoxy groups -OCH3 is 1. The molecule has 0 saturated heterocycles. The molecule has 0 bridgehead atoms. The number of hydrogen-bond donors (Lipinski definition) is 1. The van der Waals surface area contributed by atoms with Gasteiger partial charge >= 0.3 is 0 Å². The molecule has 4 nitrogen and oxygen atoms in total. The Hall–Kier alpha value is -1.89. The molecule has 0 radical (unpaired) electrons. The second kappa shape index (κ2) is 4.77. The Morgan fingerprint density at radius 2 is 1.94 bits per heavy atom. The molecule has 0 saturated carbocycles. The van der Waals surface area contributed by atoms with Crippen molar-refractivity contribution in [1.82, 2.24) is 15.0 Å². The SMILES string of the molecule is COc1nc(=S)nc(-c2ccc(C)c(F)c2F)[nH]1. The van der Waals surface area contributed by atoms with Gasteiger partial charge in [-0.15, -0.1) is 0 Å². The van der Waals surface area contributed by atoms with Crippen LogP contribution < -0.4 is 4.74 Å². The predicted octanol–water partition coefficient (Wildman–Crippen LogP) is 2.80. The van der Waals surface area contributed by atoms with Gasteiger partial charge in [0.1, 0.15) is 5.82 Å². The molecule has 1 N–H and O–H groups in total. The average Bonchev–Trinajstić information content (AvgIpc) is 2.35. The van der Waals surface area contributed by atoms with Crippen LogP contribution in [0.25, 0.3) is 11.4 Å². The summed E-state index contributed by atoms with van der Waals surface area (Å²) in [6, 6.07) is 2.96. The van der Waals surface area contributed by atoms with Crippen molar-refractivity contribution in [2.75, 3.05) is 7.11 Å². The maximum atomic E-state index is 13.8. The minimum absolute atomic E-state index is 0.0130. The largest absolute Gasteiger partial charge is 0.468 e.